The molecule has 3 heterocycles. The summed E-state index contributed by atoms with van der Waals surface area (Å²) in [6, 6.07) is 35.3. The third kappa shape index (κ3) is 5.88. The molecule has 47 heavy (non-hydrogen) atoms. The number of hydrogen-bond donors (Lipinski definition) is 3. The first-order valence-corrected chi connectivity index (χ1v) is 14.4. The Bertz CT molecular complexity index is 2210. The summed E-state index contributed by atoms with van der Waals surface area (Å²) in [5.41, 5.74) is 24.2. The van der Waals surface area contributed by atoms with Crippen molar-refractivity contribution >= 4 is 40.1 Å². The Labute approximate surface area is 268 Å². The first kappa shape index (κ1) is 28.7. The number of hydrogen-bond acceptors (Lipinski definition) is 12. The third-order valence-electron chi connectivity index (χ3n) is 6.99. The van der Waals surface area contributed by atoms with Crippen LogP contribution in [0.25, 0.3) is 34.4 Å². The molecule has 0 aliphatic rings. The fraction of sp³-hybridized carbons (Fsp3) is 0. The molecule has 0 bridgehead atoms. The van der Waals surface area contributed by atoms with Crippen molar-refractivity contribution in [3.8, 4) is 34.4 Å². The molecule has 7 rings (SSSR count). The Hall–Kier alpha value is -7.09. The minimum Gasteiger partial charge on any atom is -0.399 e. The second-order valence-electron chi connectivity index (χ2n) is 10.1. The molecule has 3 aromatic heterocycles. The van der Waals surface area contributed by atoms with E-state index in [2.05, 4.69) is 35.4 Å². The average Bonchev–Trinajstić information content (AvgIpc) is 3.64. The maximum absolute atomic E-state index is 6.63. The molecule has 0 spiro atoms. The second-order valence-corrected chi connectivity index (χ2v) is 10.1. The molecule has 4 aromatic carbocycles. The quantitative estimate of drug-likeness (QED) is 0.117. The number of anilines is 3. The van der Waals surface area contributed by atoms with Crippen LogP contribution in [0, 0.1) is 0 Å². The summed E-state index contributed by atoms with van der Waals surface area (Å²) in [4.78, 5) is 13.3. The first-order chi connectivity index (χ1) is 23.0. The molecule has 14 nitrogen and oxygen atoms in total. The van der Waals surface area contributed by atoms with Gasteiger partial charge >= 0.3 is 0 Å². The van der Waals surface area contributed by atoms with Crippen LogP contribution in [-0.4, -0.2) is 34.5 Å². The summed E-state index contributed by atoms with van der Waals surface area (Å²) in [6.45, 7) is 0. The van der Waals surface area contributed by atoms with E-state index in [1.807, 2.05) is 91.0 Å². The van der Waals surface area contributed by atoms with Crippen molar-refractivity contribution in [3.63, 3.8) is 0 Å². The molecule has 0 unspecified atom stereocenters. The van der Waals surface area contributed by atoms with Crippen LogP contribution in [0.4, 0.5) is 40.1 Å². The van der Waals surface area contributed by atoms with Gasteiger partial charge in [-0.3, -0.25) is 0 Å². The zero-order valence-corrected chi connectivity index (χ0v) is 24.7. The molecule has 0 saturated heterocycles. The highest BCUT2D eigenvalue weighted by atomic mass is 15.4. The van der Waals surface area contributed by atoms with E-state index < -0.39 is 0 Å². The van der Waals surface area contributed by atoms with E-state index in [4.69, 9.17) is 27.4 Å². The maximum Gasteiger partial charge on any atom is 0.257 e. The van der Waals surface area contributed by atoms with Crippen LogP contribution in [0.15, 0.2) is 142 Å². The van der Waals surface area contributed by atoms with E-state index in [0.717, 1.165) is 11.1 Å². The van der Waals surface area contributed by atoms with Crippen molar-refractivity contribution in [1.29, 1.82) is 0 Å². The molecule has 0 radical (unpaired) electrons. The van der Waals surface area contributed by atoms with Gasteiger partial charge < -0.3 is 17.2 Å². The number of aromatic nitrogens is 7. The summed E-state index contributed by atoms with van der Waals surface area (Å²) >= 11 is 0. The predicted octanol–water partition coefficient (Wildman–Crippen LogP) is 7.15. The van der Waals surface area contributed by atoms with E-state index in [0.29, 0.717) is 39.8 Å². The highest BCUT2D eigenvalue weighted by Crippen LogP contribution is 2.38. The summed E-state index contributed by atoms with van der Waals surface area (Å²) in [5.74, 6) is 0.572. The minimum atomic E-state index is 0.113. The molecule has 6 N–H and O–H groups in total. The fourth-order valence-electron chi connectivity index (χ4n) is 4.66. The van der Waals surface area contributed by atoms with Crippen molar-refractivity contribution in [2.75, 3.05) is 17.2 Å². The van der Waals surface area contributed by atoms with Gasteiger partial charge in [0.15, 0.2) is 23.0 Å². The Morgan fingerprint density at radius 1 is 0.468 bits per heavy atom. The third-order valence-corrected chi connectivity index (χ3v) is 6.99. The molecule has 0 fully saturated rings. The molecule has 14 heteroatoms. The van der Waals surface area contributed by atoms with Crippen LogP contribution in [0.3, 0.4) is 0 Å². The van der Waals surface area contributed by atoms with Gasteiger partial charge in [0.2, 0.25) is 0 Å². The zero-order chi connectivity index (χ0) is 32.2. The molecule has 228 valence electrons. The lowest BCUT2D eigenvalue weighted by Gasteiger charge is -2.05. The van der Waals surface area contributed by atoms with E-state index in [1.54, 1.807) is 24.3 Å². The number of benzene rings is 4. The Morgan fingerprint density at radius 3 is 1.36 bits per heavy atom. The number of nitrogen functional groups attached to an aromatic ring is 3. The normalized spacial score (nSPS) is 11.5. The van der Waals surface area contributed by atoms with Gasteiger partial charge in [0.1, 0.15) is 17.7 Å². The Balaban J connectivity index is 1.32. The Kier molecular flexibility index (Phi) is 7.62. The summed E-state index contributed by atoms with van der Waals surface area (Å²) in [7, 11) is 0. The van der Waals surface area contributed by atoms with Crippen LogP contribution in [0.5, 0.6) is 0 Å². The molecule has 0 atom stereocenters. The number of rotatable bonds is 8. The molecular formula is C33H26N14. The standard InChI is InChI=1S/C33H26N14/c34-23-16-18-25(19-17-23)41-43-29-27(22-12-6-2-7-13-22)45-47(31(29)36)33-38-20-37-32(39-33)46-30(35)28(42-40-24-14-8-3-9-15-24)26(44-46)21-10-4-1-5-11-21/h1-20H,34-36H2. The van der Waals surface area contributed by atoms with Crippen LogP contribution >= 0.6 is 0 Å². The first-order valence-electron chi connectivity index (χ1n) is 14.4. The summed E-state index contributed by atoms with van der Waals surface area (Å²) in [5, 5.41) is 27.1. The summed E-state index contributed by atoms with van der Waals surface area (Å²) in [6.07, 6.45) is 1.32. The van der Waals surface area contributed by atoms with E-state index in [1.165, 1.54) is 15.7 Å². The van der Waals surface area contributed by atoms with Gasteiger partial charge in [-0.15, -0.1) is 10.2 Å². The van der Waals surface area contributed by atoms with Crippen molar-refractivity contribution < 1.29 is 0 Å². The van der Waals surface area contributed by atoms with Gasteiger partial charge in [0.05, 0.1) is 11.4 Å². The topological polar surface area (TPSA) is 202 Å². The average molecular weight is 619 g/mol. The van der Waals surface area contributed by atoms with Crippen molar-refractivity contribution in [1.82, 2.24) is 34.5 Å². The van der Waals surface area contributed by atoms with Crippen molar-refractivity contribution in [2.45, 2.75) is 0 Å². The number of azo groups is 2. The monoisotopic (exact) mass is 618 g/mol. The van der Waals surface area contributed by atoms with Gasteiger partial charge in [-0.2, -0.15) is 44.7 Å². The van der Waals surface area contributed by atoms with Crippen LogP contribution in [0.1, 0.15) is 0 Å². The van der Waals surface area contributed by atoms with Gasteiger partial charge in [-0.1, -0.05) is 78.9 Å². The van der Waals surface area contributed by atoms with E-state index >= 15 is 0 Å². The van der Waals surface area contributed by atoms with Gasteiger partial charge in [-0.25, -0.2) is 0 Å². The van der Waals surface area contributed by atoms with Crippen LogP contribution in [0.2, 0.25) is 0 Å². The molecule has 0 saturated carbocycles. The highest BCUT2D eigenvalue weighted by molar-refractivity contribution is 5.81. The highest BCUT2D eigenvalue weighted by Gasteiger charge is 2.23. The maximum atomic E-state index is 6.63. The number of nitrogens with zero attached hydrogens (tertiary/aromatic N) is 11. The molecule has 0 amide bonds. The lowest BCUT2D eigenvalue weighted by atomic mass is 10.1. The van der Waals surface area contributed by atoms with Crippen LogP contribution in [-0.2, 0) is 0 Å². The molecule has 7 aromatic rings. The molecular weight excluding hydrogens is 592 g/mol. The molecule has 0 aliphatic carbocycles. The van der Waals surface area contributed by atoms with Gasteiger partial charge in [-0.05, 0) is 36.4 Å². The molecule has 0 aliphatic heterocycles. The second kappa shape index (κ2) is 12.5. The predicted molar refractivity (Wildman–Crippen MR) is 179 cm³/mol. The lowest BCUT2D eigenvalue weighted by molar-refractivity contribution is 0.754. The Morgan fingerprint density at radius 2 is 0.894 bits per heavy atom. The van der Waals surface area contributed by atoms with Crippen LogP contribution < -0.4 is 17.2 Å². The zero-order valence-electron chi connectivity index (χ0n) is 24.7. The van der Waals surface area contributed by atoms with E-state index in [-0.39, 0.29) is 23.5 Å². The van der Waals surface area contributed by atoms with Gasteiger partial charge in [0, 0.05) is 16.8 Å². The summed E-state index contributed by atoms with van der Waals surface area (Å²) < 4.78 is 2.76. The fourth-order valence-corrected chi connectivity index (χ4v) is 4.66. The van der Waals surface area contributed by atoms with Crippen molar-refractivity contribution in [3.05, 3.63) is 122 Å². The lowest BCUT2D eigenvalue weighted by Crippen LogP contribution is -2.12. The largest absolute Gasteiger partial charge is 0.399 e. The van der Waals surface area contributed by atoms with Crippen molar-refractivity contribution in [2.24, 2.45) is 20.5 Å². The minimum absolute atomic E-state index is 0.113. The van der Waals surface area contributed by atoms with Gasteiger partial charge in [0.25, 0.3) is 11.9 Å². The SMILES string of the molecule is Nc1ccc(N=Nc2c(-c3ccccc3)nn(-c3ncnc(-n4nc(-c5ccccc5)c(N=Nc5ccccc5)c4N)n3)c2N)cc1. The smallest absolute Gasteiger partial charge is 0.257 e. The van der Waals surface area contributed by atoms with E-state index in [9.17, 15) is 0 Å². The number of nitrogens with two attached hydrogens (primary N) is 3.